The molecule has 1 unspecified atom stereocenters. The fourth-order valence-corrected chi connectivity index (χ4v) is 13.2. The molecule has 1 atom stereocenters. The SMILES string of the molecule is CCCCc1ccccc1-c1ccc(-c2cc(-c3ccc4oc5cccc(-c6nc(-c7ccccc7-c7cccc8sc9ccccc9c78)nc(C7C=CC=CC7)n6)c5c4c3)c3c(c2)oc2ccccc23)cc1Nc1ccccc1. The number of para-hydroxylation sites is 2. The second kappa shape index (κ2) is 20.0. The number of nitrogens with one attached hydrogen (secondary N) is 1. The number of unbranched alkanes of at least 4 members (excludes halogenated alkanes) is 1. The Hall–Kier alpha value is -9.69. The minimum atomic E-state index is -0.0220. The minimum absolute atomic E-state index is 0.0220. The topological polar surface area (TPSA) is 77.0 Å². The van der Waals surface area contributed by atoms with E-state index in [1.165, 1.54) is 36.9 Å². The summed E-state index contributed by atoms with van der Waals surface area (Å²) in [6, 6.07) is 75.7. The number of aryl methyl sites for hydroxylation is 1. The van der Waals surface area contributed by atoms with Gasteiger partial charge in [0, 0.05) is 75.7 Å². The zero-order chi connectivity index (χ0) is 53.1. The third-order valence-corrected chi connectivity index (χ3v) is 17.0. The van der Waals surface area contributed by atoms with Crippen molar-refractivity contribution in [2.45, 2.75) is 38.5 Å². The molecule has 7 heteroatoms. The van der Waals surface area contributed by atoms with Gasteiger partial charge in [-0.25, -0.2) is 15.0 Å². The van der Waals surface area contributed by atoms with E-state index in [1.807, 2.05) is 29.5 Å². The highest BCUT2D eigenvalue weighted by molar-refractivity contribution is 7.26. The van der Waals surface area contributed by atoms with Crippen molar-refractivity contribution in [1.82, 2.24) is 15.0 Å². The second-order valence-electron chi connectivity index (χ2n) is 20.8. The predicted octanol–water partition coefficient (Wildman–Crippen LogP) is 20.7. The standard InChI is InChI=1S/C73H52N4O2S/c1-2-3-20-45-21-10-11-26-51(45)53-39-37-47(43-61(53)74-50-24-8-5-9-25-50)49-42-59(68-56-29-14-16-33-62(56)79-65(68)44-49)48-38-40-63-60(41-48)69-58(32-18-34-64(69)78-63)73-76-71(46-22-6-4-7-23-46)75-72(77-73)55-28-13-12-27-52(55)54-31-19-36-67-70(54)57-30-15-17-35-66(57)80-67/h4-19,21-22,24-44,46,74H,2-3,20,23H2,1H3. The molecule has 0 aliphatic heterocycles. The number of fused-ring (bicyclic) bond motifs is 9. The van der Waals surface area contributed by atoms with Crippen molar-refractivity contribution in [2.24, 2.45) is 0 Å². The van der Waals surface area contributed by atoms with Crippen LogP contribution in [0.25, 0.3) is 131 Å². The summed E-state index contributed by atoms with van der Waals surface area (Å²) in [5.41, 5.74) is 17.3. The molecule has 14 aromatic rings. The van der Waals surface area contributed by atoms with Gasteiger partial charge in [-0.3, -0.25) is 0 Å². The van der Waals surface area contributed by atoms with E-state index < -0.39 is 0 Å². The summed E-state index contributed by atoms with van der Waals surface area (Å²) in [6.07, 6.45) is 12.7. The number of furan rings is 2. The van der Waals surface area contributed by atoms with E-state index >= 15 is 0 Å². The van der Waals surface area contributed by atoms with Crippen molar-refractivity contribution in [2.75, 3.05) is 5.32 Å². The quantitative estimate of drug-likeness (QED) is 0.131. The molecule has 0 bridgehead atoms. The first-order chi connectivity index (χ1) is 39.6. The first-order valence-electron chi connectivity index (χ1n) is 27.7. The van der Waals surface area contributed by atoms with Gasteiger partial charge >= 0.3 is 0 Å². The number of hydrogen-bond acceptors (Lipinski definition) is 7. The molecule has 15 rings (SSSR count). The Morgan fingerprint density at radius 3 is 2.02 bits per heavy atom. The highest BCUT2D eigenvalue weighted by Gasteiger charge is 2.24. The Kier molecular flexibility index (Phi) is 11.9. The largest absolute Gasteiger partial charge is 0.456 e. The molecule has 4 heterocycles. The Morgan fingerprint density at radius 2 is 1.15 bits per heavy atom. The van der Waals surface area contributed by atoms with E-state index in [4.69, 9.17) is 23.8 Å². The van der Waals surface area contributed by atoms with Crippen molar-refractivity contribution >= 4 is 86.8 Å². The van der Waals surface area contributed by atoms with E-state index in [-0.39, 0.29) is 5.92 Å². The smallest absolute Gasteiger partial charge is 0.164 e. The summed E-state index contributed by atoms with van der Waals surface area (Å²) in [5, 5.41) is 10.4. The van der Waals surface area contributed by atoms with E-state index in [0.29, 0.717) is 11.6 Å². The van der Waals surface area contributed by atoms with Crippen LogP contribution < -0.4 is 5.32 Å². The van der Waals surface area contributed by atoms with E-state index in [2.05, 4.69) is 231 Å². The fourth-order valence-electron chi connectivity index (χ4n) is 12.0. The number of hydrogen-bond donors (Lipinski definition) is 1. The summed E-state index contributed by atoms with van der Waals surface area (Å²) in [4.78, 5) is 16.2. The van der Waals surface area contributed by atoms with Gasteiger partial charge in [0.15, 0.2) is 11.6 Å². The monoisotopic (exact) mass is 1050 g/mol. The maximum atomic E-state index is 6.78. The van der Waals surface area contributed by atoms with Crippen molar-refractivity contribution in [3.63, 3.8) is 0 Å². The third kappa shape index (κ3) is 8.37. The van der Waals surface area contributed by atoms with Crippen LogP contribution >= 0.6 is 11.3 Å². The van der Waals surface area contributed by atoms with Crippen LogP contribution in [0.4, 0.5) is 11.4 Å². The molecule has 0 radical (unpaired) electrons. The molecule has 1 aliphatic rings. The van der Waals surface area contributed by atoms with Crippen LogP contribution in [0, 0.1) is 0 Å². The maximum Gasteiger partial charge on any atom is 0.164 e. The lowest BCUT2D eigenvalue weighted by Gasteiger charge is -2.18. The van der Waals surface area contributed by atoms with Crippen molar-refractivity contribution in [1.29, 1.82) is 0 Å². The van der Waals surface area contributed by atoms with Crippen LogP contribution in [-0.4, -0.2) is 15.0 Å². The van der Waals surface area contributed by atoms with Gasteiger partial charge in [0.1, 0.15) is 28.2 Å². The van der Waals surface area contributed by atoms with Gasteiger partial charge in [-0.05, 0) is 131 Å². The first-order valence-corrected chi connectivity index (χ1v) is 28.5. The number of benzene rings is 10. The molecule has 0 fully saturated rings. The van der Waals surface area contributed by atoms with Crippen molar-refractivity contribution in [3.8, 4) is 67.3 Å². The second-order valence-corrected chi connectivity index (χ2v) is 21.9. The normalized spacial score (nSPS) is 13.4. The van der Waals surface area contributed by atoms with Crippen LogP contribution in [0.3, 0.4) is 0 Å². The number of anilines is 2. The van der Waals surface area contributed by atoms with Gasteiger partial charge in [0.05, 0.1) is 0 Å². The molecule has 1 N–H and O–H groups in total. The average Bonchev–Trinajstić information content (AvgIpc) is 4.33. The number of nitrogens with zero attached hydrogens (tertiary/aromatic N) is 3. The Morgan fingerprint density at radius 1 is 0.463 bits per heavy atom. The number of rotatable bonds is 12. The average molecular weight is 1050 g/mol. The maximum absolute atomic E-state index is 6.78. The molecular formula is C73H52N4O2S. The number of aromatic nitrogens is 3. The van der Waals surface area contributed by atoms with Gasteiger partial charge in [-0.15, -0.1) is 11.3 Å². The summed E-state index contributed by atoms with van der Waals surface area (Å²) in [5.74, 6) is 1.94. The molecule has 6 nitrogen and oxygen atoms in total. The van der Waals surface area contributed by atoms with Crippen LogP contribution in [0.15, 0.2) is 245 Å². The molecule has 0 spiro atoms. The molecule has 382 valence electrons. The summed E-state index contributed by atoms with van der Waals surface area (Å²) >= 11 is 1.83. The van der Waals surface area contributed by atoms with E-state index in [1.54, 1.807) is 0 Å². The third-order valence-electron chi connectivity index (χ3n) is 15.9. The molecule has 0 amide bonds. The number of allylic oxidation sites excluding steroid dienone is 4. The highest BCUT2D eigenvalue weighted by Crippen LogP contribution is 2.47. The van der Waals surface area contributed by atoms with Crippen molar-refractivity contribution < 1.29 is 8.83 Å². The molecule has 0 saturated carbocycles. The van der Waals surface area contributed by atoms with Crippen LogP contribution in [0.2, 0.25) is 0 Å². The fraction of sp³-hybridized carbons (Fsp3) is 0.0822. The van der Waals surface area contributed by atoms with Crippen molar-refractivity contribution in [3.05, 3.63) is 248 Å². The van der Waals surface area contributed by atoms with Crippen LogP contribution in [0.1, 0.15) is 43.5 Å². The Bertz CT molecular complexity index is 4790. The predicted molar refractivity (Wildman–Crippen MR) is 334 cm³/mol. The molecule has 10 aromatic carbocycles. The molecule has 1 aliphatic carbocycles. The van der Waals surface area contributed by atoms with Gasteiger partial charge in [0.2, 0.25) is 0 Å². The molecule has 4 aromatic heterocycles. The zero-order valence-electron chi connectivity index (χ0n) is 44.0. The molecule has 80 heavy (non-hydrogen) atoms. The number of thiophene rings is 1. The van der Waals surface area contributed by atoms with E-state index in [9.17, 15) is 0 Å². The Labute approximate surface area is 467 Å². The van der Waals surface area contributed by atoms with Crippen LogP contribution in [0.5, 0.6) is 0 Å². The highest BCUT2D eigenvalue weighted by atomic mass is 32.1. The first kappa shape index (κ1) is 47.5. The van der Waals surface area contributed by atoms with Crippen LogP contribution in [-0.2, 0) is 6.42 Å². The zero-order valence-corrected chi connectivity index (χ0v) is 44.8. The lowest BCUT2D eigenvalue weighted by molar-refractivity contribution is 0.669. The summed E-state index contributed by atoms with van der Waals surface area (Å²) < 4.78 is 16.1. The lowest BCUT2D eigenvalue weighted by atomic mass is 9.91. The van der Waals surface area contributed by atoms with Gasteiger partial charge in [-0.1, -0.05) is 183 Å². The van der Waals surface area contributed by atoms with E-state index in [0.717, 1.165) is 131 Å². The van der Waals surface area contributed by atoms with Gasteiger partial charge in [0.25, 0.3) is 0 Å². The molecule has 0 saturated heterocycles. The Balaban J connectivity index is 0.903. The van der Waals surface area contributed by atoms with Gasteiger partial charge < -0.3 is 14.2 Å². The summed E-state index contributed by atoms with van der Waals surface area (Å²) in [7, 11) is 0. The minimum Gasteiger partial charge on any atom is -0.456 e. The molecular weight excluding hydrogens is 997 g/mol. The van der Waals surface area contributed by atoms with Gasteiger partial charge in [-0.2, -0.15) is 0 Å². The summed E-state index contributed by atoms with van der Waals surface area (Å²) in [6.45, 7) is 2.26. The lowest BCUT2D eigenvalue weighted by Crippen LogP contribution is -2.08.